The number of carbonyl (C=O) groups is 1. The molecule has 0 saturated carbocycles. The molecule has 0 radical (unpaired) electrons. The van der Waals surface area contributed by atoms with Crippen molar-refractivity contribution >= 4 is 12.1 Å². The minimum absolute atomic E-state index is 0.173. The van der Waals surface area contributed by atoms with Crippen molar-refractivity contribution in [2.75, 3.05) is 7.05 Å². The molecule has 162 valence electrons. The third-order valence-electron chi connectivity index (χ3n) is 3.84. The maximum absolute atomic E-state index is 13.4. The molecule has 0 spiro atoms. The minimum Gasteiger partial charge on any atom is -0.415 e. The highest BCUT2D eigenvalue weighted by atomic mass is 19.4. The van der Waals surface area contributed by atoms with Crippen molar-refractivity contribution < 1.29 is 35.6 Å². The van der Waals surface area contributed by atoms with Crippen LogP contribution in [0.2, 0.25) is 0 Å². The van der Waals surface area contributed by atoms with E-state index in [1.807, 2.05) is 0 Å². The largest absolute Gasteiger partial charge is 0.417 e. The molecule has 3 rings (SSSR count). The lowest BCUT2D eigenvalue weighted by Gasteiger charge is -2.16. The van der Waals surface area contributed by atoms with Gasteiger partial charge < -0.3 is 4.42 Å². The summed E-state index contributed by atoms with van der Waals surface area (Å²) in [4.78, 5) is 16.3. The monoisotopic (exact) mass is 443 g/mol. The molecule has 0 aliphatic heterocycles. The van der Waals surface area contributed by atoms with Gasteiger partial charge in [-0.2, -0.15) is 27.1 Å². The van der Waals surface area contributed by atoms with E-state index in [0.717, 1.165) is 13.3 Å². The number of alkyl halides is 5. The number of halogens is 6. The molecule has 0 atom stereocenters. The van der Waals surface area contributed by atoms with Crippen LogP contribution in [0.4, 0.5) is 26.3 Å². The van der Waals surface area contributed by atoms with E-state index in [-0.39, 0.29) is 17.1 Å². The lowest BCUT2D eigenvalue weighted by Crippen LogP contribution is -2.25. The SMILES string of the molecule is CN(/N=C/c1ccc(-c2nnc(C(F)F)o2)cn1)C(=O)c1cc(F)ccc1C(F)(F)F. The number of hydrazone groups is 1. The molecule has 0 N–H and O–H groups in total. The highest BCUT2D eigenvalue weighted by molar-refractivity contribution is 5.96. The van der Waals surface area contributed by atoms with E-state index in [1.54, 1.807) is 0 Å². The third kappa shape index (κ3) is 5.05. The fourth-order valence-electron chi connectivity index (χ4n) is 2.36. The third-order valence-corrected chi connectivity index (χ3v) is 3.84. The van der Waals surface area contributed by atoms with Crippen LogP contribution >= 0.6 is 0 Å². The maximum atomic E-state index is 13.4. The highest BCUT2D eigenvalue weighted by Crippen LogP contribution is 2.33. The van der Waals surface area contributed by atoms with Crippen LogP contribution in [0.15, 0.2) is 46.0 Å². The number of rotatable bonds is 5. The molecule has 0 fully saturated rings. The number of pyridine rings is 1. The first-order valence-corrected chi connectivity index (χ1v) is 8.33. The number of hydrogen-bond acceptors (Lipinski definition) is 6. The van der Waals surface area contributed by atoms with Crippen molar-refractivity contribution in [2.24, 2.45) is 5.10 Å². The number of carbonyl (C=O) groups excluding carboxylic acids is 1. The molecule has 0 bridgehead atoms. The highest BCUT2D eigenvalue weighted by Gasteiger charge is 2.36. The average molecular weight is 443 g/mol. The molecule has 2 aromatic heterocycles. The molecule has 1 aromatic carbocycles. The second-order valence-electron chi connectivity index (χ2n) is 5.98. The normalized spacial score (nSPS) is 12.0. The molecular weight excluding hydrogens is 432 g/mol. The van der Waals surface area contributed by atoms with Gasteiger partial charge in [-0.05, 0) is 30.3 Å². The molecular formula is C18H11F6N5O2. The number of benzene rings is 1. The van der Waals surface area contributed by atoms with Crippen LogP contribution in [0.5, 0.6) is 0 Å². The molecule has 0 aliphatic carbocycles. The molecule has 1 amide bonds. The van der Waals surface area contributed by atoms with E-state index in [1.165, 1.54) is 18.3 Å². The predicted molar refractivity (Wildman–Crippen MR) is 93.6 cm³/mol. The van der Waals surface area contributed by atoms with Gasteiger partial charge >= 0.3 is 12.6 Å². The van der Waals surface area contributed by atoms with Gasteiger partial charge in [0.15, 0.2) is 0 Å². The summed E-state index contributed by atoms with van der Waals surface area (Å²) in [6, 6.07) is 4.31. The van der Waals surface area contributed by atoms with Crippen LogP contribution < -0.4 is 0 Å². The maximum Gasteiger partial charge on any atom is 0.417 e. The van der Waals surface area contributed by atoms with E-state index >= 15 is 0 Å². The van der Waals surface area contributed by atoms with Gasteiger partial charge in [-0.3, -0.25) is 9.78 Å². The second kappa shape index (κ2) is 8.53. The van der Waals surface area contributed by atoms with Crippen molar-refractivity contribution in [1.82, 2.24) is 20.2 Å². The predicted octanol–water partition coefficient (Wildman–Crippen LogP) is 4.33. The summed E-state index contributed by atoms with van der Waals surface area (Å²) >= 11 is 0. The van der Waals surface area contributed by atoms with Crippen molar-refractivity contribution in [1.29, 1.82) is 0 Å². The topological polar surface area (TPSA) is 84.5 Å². The second-order valence-corrected chi connectivity index (χ2v) is 5.98. The molecule has 0 saturated heterocycles. The van der Waals surface area contributed by atoms with Crippen molar-refractivity contribution in [3.63, 3.8) is 0 Å². The fraction of sp³-hybridized carbons (Fsp3) is 0.167. The van der Waals surface area contributed by atoms with E-state index in [2.05, 4.69) is 20.3 Å². The summed E-state index contributed by atoms with van der Waals surface area (Å²) in [5.41, 5.74) is -1.80. The zero-order valence-corrected chi connectivity index (χ0v) is 15.4. The molecule has 2 heterocycles. The first-order valence-electron chi connectivity index (χ1n) is 8.33. The zero-order chi connectivity index (χ0) is 22.8. The van der Waals surface area contributed by atoms with Gasteiger partial charge in [0.25, 0.3) is 11.8 Å². The summed E-state index contributed by atoms with van der Waals surface area (Å²) in [6.07, 6.45) is -5.52. The molecule has 7 nitrogen and oxygen atoms in total. The zero-order valence-electron chi connectivity index (χ0n) is 15.4. The van der Waals surface area contributed by atoms with Gasteiger partial charge in [-0.1, -0.05) is 0 Å². The van der Waals surface area contributed by atoms with Crippen LogP contribution in [0.1, 0.15) is 33.9 Å². The Labute approximate surface area is 170 Å². The van der Waals surface area contributed by atoms with Gasteiger partial charge in [0.1, 0.15) is 5.82 Å². The van der Waals surface area contributed by atoms with Crippen molar-refractivity contribution in [3.05, 3.63) is 65.1 Å². The lowest BCUT2D eigenvalue weighted by molar-refractivity contribution is -0.138. The Morgan fingerprint density at radius 3 is 2.52 bits per heavy atom. The van der Waals surface area contributed by atoms with Crippen molar-refractivity contribution in [3.8, 4) is 11.5 Å². The first-order chi connectivity index (χ1) is 14.6. The summed E-state index contributed by atoms with van der Waals surface area (Å²) < 4.78 is 82.4. The van der Waals surface area contributed by atoms with Crippen LogP contribution in [-0.4, -0.2) is 39.4 Å². The number of amides is 1. The lowest BCUT2D eigenvalue weighted by atomic mass is 10.1. The number of aromatic nitrogens is 3. The Morgan fingerprint density at radius 1 is 1.19 bits per heavy atom. The first kappa shape index (κ1) is 21.9. The van der Waals surface area contributed by atoms with E-state index < -0.39 is 41.3 Å². The summed E-state index contributed by atoms with van der Waals surface area (Å²) in [5, 5.41) is 10.9. The van der Waals surface area contributed by atoms with E-state index in [9.17, 15) is 31.1 Å². The standard InChI is InChI=1S/C18H11F6N5O2/c1-29(17(30)12-6-10(19)3-5-13(12)18(22,23)24)26-8-11-4-2-9(7-25-11)15-27-28-16(31-15)14(20)21/h2-8,14H,1H3/b26-8+. The van der Waals surface area contributed by atoms with E-state index in [4.69, 9.17) is 4.42 Å². The fourth-order valence-corrected chi connectivity index (χ4v) is 2.36. The van der Waals surface area contributed by atoms with Gasteiger partial charge in [0.2, 0.25) is 5.89 Å². The quantitative estimate of drug-likeness (QED) is 0.333. The van der Waals surface area contributed by atoms with Crippen LogP contribution in [0.25, 0.3) is 11.5 Å². The Bertz CT molecular complexity index is 1110. The molecule has 0 unspecified atom stereocenters. The van der Waals surface area contributed by atoms with Gasteiger partial charge in [-0.15, -0.1) is 10.2 Å². The molecule has 3 aromatic rings. The van der Waals surface area contributed by atoms with Crippen LogP contribution in [0, 0.1) is 5.82 Å². The van der Waals surface area contributed by atoms with Gasteiger partial charge in [0.05, 0.1) is 28.6 Å². The Balaban J connectivity index is 1.76. The molecule has 31 heavy (non-hydrogen) atoms. The summed E-state index contributed by atoms with van der Waals surface area (Å²) in [5.74, 6) is -3.24. The minimum atomic E-state index is -4.86. The summed E-state index contributed by atoms with van der Waals surface area (Å²) in [6.45, 7) is 0. The van der Waals surface area contributed by atoms with Gasteiger partial charge in [-0.25, -0.2) is 9.40 Å². The van der Waals surface area contributed by atoms with Gasteiger partial charge in [0, 0.05) is 13.2 Å². The molecule has 13 heteroatoms. The Morgan fingerprint density at radius 2 is 1.94 bits per heavy atom. The average Bonchev–Trinajstić information content (AvgIpc) is 3.21. The Kier molecular flexibility index (Phi) is 6.04. The van der Waals surface area contributed by atoms with Crippen molar-refractivity contribution in [2.45, 2.75) is 12.6 Å². The van der Waals surface area contributed by atoms with Crippen LogP contribution in [0.3, 0.4) is 0 Å². The van der Waals surface area contributed by atoms with E-state index in [0.29, 0.717) is 23.2 Å². The summed E-state index contributed by atoms with van der Waals surface area (Å²) in [7, 11) is 1.09. The number of hydrogen-bond donors (Lipinski definition) is 0. The molecule has 0 aliphatic rings. The number of nitrogens with zero attached hydrogens (tertiary/aromatic N) is 5. The Hall–Kier alpha value is -3.77. The smallest absolute Gasteiger partial charge is 0.415 e. The van der Waals surface area contributed by atoms with Crippen LogP contribution in [-0.2, 0) is 6.18 Å².